The van der Waals surface area contributed by atoms with E-state index in [1.165, 1.54) is 30.3 Å². The van der Waals surface area contributed by atoms with Crippen molar-refractivity contribution in [3.63, 3.8) is 0 Å². The summed E-state index contributed by atoms with van der Waals surface area (Å²) in [5.41, 5.74) is 0.311. The molecule has 1 amide bonds. The Bertz CT molecular complexity index is 964. The highest BCUT2D eigenvalue weighted by molar-refractivity contribution is 7.85. The molecule has 0 aliphatic heterocycles. The Hall–Kier alpha value is -3.22. The molecule has 0 aliphatic rings. The average molecular weight is 361 g/mol. The summed E-state index contributed by atoms with van der Waals surface area (Å²) in [6.07, 6.45) is 1.12. The van der Waals surface area contributed by atoms with E-state index >= 15 is 0 Å². The Kier molecular flexibility index (Phi) is 5.49. The molecule has 0 spiro atoms. The molecule has 0 atom stereocenters. The maximum Gasteiger partial charge on any atom is 0.294 e. The lowest BCUT2D eigenvalue weighted by atomic mass is 10.2. The van der Waals surface area contributed by atoms with Crippen molar-refractivity contribution >= 4 is 27.4 Å². The quantitative estimate of drug-likeness (QED) is 0.428. The second kappa shape index (κ2) is 7.57. The van der Waals surface area contributed by atoms with Crippen molar-refractivity contribution in [3.8, 4) is 6.07 Å². The van der Waals surface area contributed by atoms with E-state index in [1.807, 2.05) is 0 Å². The molecule has 2 aromatic carbocycles. The van der Waals surface area contributed by atoms with E-state index in [4.69, 9.17) is 9.81 Å². The van der Waals surface area contributed by atoms with Crippen molar-refractivity contribution in [1.29, 1.82) is 5.26 Å². The zero-order valence-corrected chi connectivity index (χ0v) is 13.4. The molecule has 3 N–H and O–H groups in total. The number of carbonyl (C=O) groups is 1. The number of benzene rings is 2. The molecule has 128 valence electrons. The molecule has 0 saturated carbocycles. The zero-order chi connectivity index (χ0) is 18.4. The zero-order valence-electron chi connectivity index (χ0n) is 12.6. The molecular formula is C16H12FN3O4S. The molecular weight excluding hydrogens is 349 g/mol. The monoisotopic (exact) mass is 361 g/mol. The second-order valence-corrected chi connectivity index (χ2v) is 6.20. The number of anilines is 2. The Morgan fingerprint density at radius 3 is 2.40 bits per heavy atom. The molecule has 0 fully saturated rings. The highest BCUT2D eigenvalue weighted by Gasteiger charge is 2.12. The van der Waals surface area contributed by atoms with Crippen LogP contribution >= 0.6 is 0 Å². The van der Waals surface area contributed by atoms with Gasteiger partial charge in [0, 0.05) is 17.6 Å². The van der Waals surface area contributed by atoms with Crippen LogP contribution in [0.4, 0.5) is 15.8 Å². The molecule has 0 aliphatic carbocycles. The summed E-state index contributed by atoms with van der Waals surface area (Å²) in [7, 11) is -4.33. The molecule has 0 aromatic heterocycles. The number of nitrogens with zero attached hydrogens (tertiary/aromatic N) is 1. The fraction of sp³-hybridized carbons (Fsp3) is 0. The van der Waals surface area contributed by atoms with E-state index in [0.717, 1.165) is 18.3 Å². The van der Waals surface area contributed by atoms with Crippen LogP contribution in [0.2, 0.25) is 0 Å². The third-order valence-electron chi connectivity index (χ3n) is 2.98. The van der Waals surface area contributed by atoms with Gasteiger partial charge in [0.2, 0.25) is 0 Å². The Labute approximate surface area is 143 Å². The number of amides is 1. The number of rotatable bonds is 5. The SMILES string of the molecule is N#C/C(=C/Nc1cccc(F)c1)C(=O)Nc1ccc(S(=O)(=O)O)cc1. The summed E-state index contributed by atoms with van der Waals surface area (Å²) in [6.45, 7) is 0. The largest absolute Gasteiger partial charge is 0.360 e. The first-order chi connectivity index (χ1) is 11.8. The van der Waals surface area contributed by atoms with Crippen molar-refractivity contribution in [1.82, 2.24) is 0 Å². The van der Waals surface area contributed by atoms with Crippen LogP contribution in [0.1, 0.15) is 0 Å². The van der Waals surface area contributed by atoms with E-state index in [-0.39, 0.29) is 16.2 Å². The van der Waals surface area contributed by atoms with Gasteiger partial charge in [0.15, 0.2) is 0 Å². The first-order valence-corrected chi connectivity index (χ1v) is 8.25. The van der Waals surface area contributed by atoms with Gasteiger partial charge >= 0.3 is 0 Å². The molecule has 0 unspecified atom stereocenters. The number of halogens is 1. The van der Waals surface area contributed by atoms with Crippen molar-refractivity contribution in [2.45, 2.75) is 4.90 Å². The maximum atomic E-state index is 13.1. The molecule has 0 saturated heterocycles. The first kappa shape index (κ1) is 18.1. The van der Waals surface area contributed by atoms with E-state index in [0.29, 0.717) is 5.69 Å². The summed E-state index contributed by atoms with van der Waals surface area (Å²) < 4.78 is 43.8. The standard InChI is InChI=1S/C16H12FN3O4S/c17-12-2-1-3-14(8-12)19-10-11(9-18)16(21)20-13-4-6-15(7-5-13)25(22,23)24/h1-8,10,19H,(H,20,21)(H,22,23,24)/b11-10-. The van der Waals surface area contributed by atoms with Gasteiger partial charge in [-0.05, 0) is 42.5 Å². The Balaban J connectivity index is 2.09. The molecule has 0 radical (unpaired) electrons. The van der Waals surface area contributed by atoms with Crippen molar-refractivity contribution in [3.05, 3.63) is 66.1 Å². The number of nitrogens with one attached hydrogen (secondary N) is 2. The molecule has 9 heteroatoms. The summed E-state index contributed by atoms with van der Waals surface area (Å²) in [6, 6.07) is 11.9. The van der Waals surface area contributed by atoms with Gasteiger partial charge in [-0.3, -0.25) is 9.35 Å². The average Bonchev–Trinajstić information content (AvgIpc) is 2.55. The number of hydrogen-bond donors (Lipinski definition) is 3. The van der Waals surface area contributed by atoms with Gasteiger partial charge in [-0.2, -0.15) is 13.7 Å². The summed E-state index contributed by atoms with van der Waals surface area (Å²) in [4.78, 5) is 11.7. The van der Waals surface area contributed by atoms with Crippen LogP contribution in [-0.2, 0) is 14.9 Å². The maximum absolute atomic E-state index is 13.1. The van der Waals surface area contributed by atoms with Crippen LogP contribution in [0, 0.1) is 17.1 Å². The normalized spacial score (nSPS) is 11.5. The minimum absolute atomic E-state index is 0.226. The van der Waals surface area contributed by atoms with E-state index in [2.05, 4.69) is 10.6 Å². The fourth-order valence-corrected chi connectivity index (χ4v) is 2.27. The van der Waals surface area contributed by atoms with Gasteiger partial charge in [-0.15, -0.1) is 0 Å². The lowest BCUT2D eigenvalue weighted by molar-refractivity contribution is -0.112. The third kappa shape index (κ3) is 5.13. The van der Waals surface area contributed by atoms with E-state index in [9.17, 15) is 17.6 Å². The van der Waals surface area contributed by atoms with Crippen LogP contribution in [0.3, 0.4) is 0 Å². The van der Waals surface area contributed by atoms with Gasteiger partial charge in [0.1, 0.15) is 17.5 Å². The topological polar surface area (TPSA) is 119 Å². The second-order valence-electron chi connectivity index (χ2n) is 4.78. The predicted octanol–water partition coefficient (Wildman–Crippen LogP) is 2.53. The van der Waals surface area contributed by atoms with Gasteiger partial charge in [-0.25, -0.2) is 4.39 Å². The summed E-state index contributed by atoms with van der Waals surface area (Å²) in [5, 5.41) is 14.1. The Morgan fingerprint density at radius 2 is 1.84 bits per heavy atom. The minimum Gasteiger partial charge on any atom is -0.360 e. The van der Waals surface area contributed by atoms with Gasteiger partial charge < -0.3 is 10.6 Å². The Morgan fingerprint density at radius 1 is 1.16 bits per heavy atom. The number of nitriles is 1. The van der Waals surface area contributed by atoms with Crippen molar-refractivity contribution in [2.75, 3.05) is 10.6 Å². The van der Waals surface area contributed by atoms with Crippen LogP contribution < -0.4 is 10.6 Å². The predicted molar refractivity (Wildman–Crippen MR) is 88.6 cm³/mol. The highest BCUT2D eigenvalue weighted by atomic mass is 32.2. The van der Waals surface area contributed by atoms with Gasteiger partial charge in [0.05, 0.1) is 4.90 Å². The van der Waals surface area contributed by atoms with E-state index in [1.54, 1.807) is 12.1 Å². The lowest BCUT2D eigenvalue weighted by Crippen LogP contribution is -2.14. The lowest BCUT2D eigenvalue weighted by Gasteiger charge is -2.06. The minimum atomic E-state index is -4.33. The molecule has 25 heavy (non-hydrogen) atoms. The third-order valence-corrected chi connectivity index (χ3v) is 3.85. The molecule has 0 heterocycles. The molecule has 2 aromatic rings. The van der Waals surface area contributed by atoms with Crippen LogP contribution in [0.5, 0.6) is 0 Å². The number of carbonyl (C=O) groups excluding carboxylic acids is 1. The fourth-order valence-electron chi connectivity index (χ4n) is 1.79. The summed E-state index contributed by atoms with van der Waals surface area (Å²) in [5.74, 6) is -1.22. The van der Waals surface area contributed by atoms with Crippen molar-refractivity contribution in [2.24, 2.45) is 0 Å². The van der Waals surface area contributed by atoms with Crippen LogP contribution in [-0.4, -0.2) is 18.9 Å². The van der Waals surface area contributed by atoms with Gasteiger partial charge in [-0.1, -0.05) is 6.07 Å². The van der Waals surface area contributed by atoms with Gasteiger partial charge in [0.25, 0.3) is 16.0 Å². The smallest absolute Gasteiger partial charge is 0.294 e. The first-order valence-electron chi connectivity index (χ1n) is 6.81. The molecule has 2 rings (SSSR count). The van der Waals surface area contributed by atoms with Crippen LogP contribution in [0.15, 0.2) is 65.2 Å². The molecule has 0 bridgehead atoms. The highest BCUT2D eigenvalue weighted by Crippen LogP contribution is 2.15. The van der Waals surface area contributed by atoms with E-state index < -0.39 is 21.8 Å². The van der Waals surface area contributed by atoms with Crippen LogP contribution in [0.25, 0.3) is 0 Å². The summed E-state index contributed by atoms with van der Waals surface area (Å²) >= 11 is 0. The number of hydrogen-bond acceptors (Lipinski definition) is 5. The molecule has 7 nitrogen and oxygen atoms in total. The van der Waals surface area contributed by atoms with Crippen molar-refractivity contribution < 1.29 is 22.2 Å².